The summed E-state index contributed by atoms with van der Waals surface area (Å²) in [5.74, 6) is 1.46. The number of carbonyl (C=O) groups excluding carboxylic acids is 1. The predicted octanol–water partition coefficient (Wildman–Crippen LogP) is 5.16. The Labute approximate surface area is 183 Å². The SMILES string of the molecule is COc1ccc(CNC(=O)C(C)Sc2nc(-c3cccs3)nc3ccccc23)cc1. The summed E-state index contributed by atoms with van der Waals surface area (Å²) in [6.07, 6.45) is 0. The van der Waals surface area contributed by atoms with Crippen LogP contribution in [-0.4, -0.2) is 28.2 Å². The lowest BCUT2D eigenvalue weighted by Gasteiger charge is -2.14. The van der Waals surface area contributed by atoms with Gasteiger partial charge in [0.1, 0.15) is 10.8 Å². The molecule has 4 rings (SSSR count). The molecule has 1 atom stereocenters. The van der Waals surface area contributed by atoms with E-state index in [1.165, 1.54) is 11.8 Å². The second-order valence-electron chi connectivity index (χ2n) is 6.67. The van der Waals surface area contributed by atoms with E-state index in [0.29, 0.717) is 12.4 Å². The molecule has 0 spiro atoms. The lowest BCUT2D eigenvalue weighted by molar-refractivity contribution is -0.120. The third-order valence-electron chi connectivity index (χ3n) is 4.59. The number of ether oxygens (including phenoxy) is 1. The highest BCUT2D eigenvalue weighted by molar-refractivity contribution is 8.00. The van der Waals surface area contributed by atoms with Gasteiger partial charge in [-0.25, -0.2) is 9.97 Å². The predicted molar refractivity (Wildman–Crippen MR) is 123 cm³/mol. The number of benzene rings is 2. The number of thioether (sulfide) groups is 1. The monoisotopic (exact) mass is 435 g/mol. The molecule has 0 aliphatic heterocycles. The quantitative estimate of drug-likeness (QED) is 0.321. The van der Waals surface area contributed by atoms with Crippen LogP contribution in [0.2, 0.25) is 0 Å². The maximum absolute atomic E-state index is 12.7. The van der Waals surface area contributed by atoms with E-state index < -0.39 is 0 Å². The number of nitrogens with zero attached hydrogens (tertiary/aromatic N) is 2. The first kappa shape index (κ1) is 20.4. The van der Waals surface area contributed by atoms with Crippen LogP contribution in [0.1, 0.15) is 12.5 Å². The van der Waals surface area contributed by atoms with Crippen LogP contribution in [0, 0.1) is 0 Å². The highest BCUT2D eigenvalue weighted by Gasteiger charge is 2.18. The van der Waals surface area contributed by atoms with Gasteiger partial charge in [0, 0.05) is 11.9 Å². The van der Waals surface area contributed by atoms with Crippen molar-refractivity contribution in [3.63, 3.8) is 0 Å². The summed E-state index contributed by atoms with van der Waals surface area (Å²) >= 11 is 3.06. The van der Waals surface area contributed by atoms with E-state index in [0.717, 1.165) is 32.1 Å². The van der Waals surface area contributed by atoms with Gasteiger partial charge in [0.25, 0.3) is 0 Å². The maximum Gasteiger partial charge on any atom is 0.233 e. The van der Waals surface area contributed by atoms with Gasteiger partial charge < -0.3 is 10.1 Å². The van der Waals surface area contributed by atoms with E-state index in [9.17, 15) is 4.79 Å². The standard InChI is InChI=1S/C23H21N3O2S2/c1-15(22(27)24-14-16-9-11-17(28-2)12-10-16)30-23-18-6-3-4-7-19(18)25-21(26-23)20-8-5-13-29-20/h3-13,15H,14H2,1-2H3,(H,24,27). The second kappa shape index (κ2) is 9.28. The summed E-state index contributed by atoms with van der Waals surface area (Å²) in [5, 5.41) is 6.49. The zero-order chi connectivity index (χ0) is 20.9. The highest BCUT2D eigenvalue weighted by atomic mass is 32.2. The first-order valence-corrected chi connectivity index (χ1v) is 11.3. The smallest absolute Gasteiger partial charge is 0.233 e. The summed E-state index contributed by atoms with van der Waals surface area (Å²) in [6.45, 7) is 2.37. The first-order valence-electron chi connectivity index (χ1n) is 9.52. The Kier molecular flexibility index (Phi) is 6.30. The zero-order valence-corrected chi connectivity index (χ0v) is 18.3. The van der Waals surface area contributed by atoms with Crippen LogP contribution >= 0.6 is 23.1 Å². The van der Waals surface area contributed by atoms with Crippen molar-refractivity contribution >= 4 is 39.9 Å². The van der Waals surface area contributed by atoms with Crippen LogP contribution in [0.25, 0.3) is 21.6 Å². The number of hydrogen-bond donors (Lipinski definition) is 1. The average Bonchev–Trinajstić information content (AvgIpc) is 3.32. The van der Waals surface area contributed by atoms with Gasteiger partial charge in [0.15, 0.2) is 5.82 Å². The topological polar surface area (TPSA) is 64.1 Å². The molecule has 0 aliphatic carbocycles. The summed E-state index contributed by atoms with van der Waals surface area (Å²) < 4.78 is 5.17. The summed E-state index contributed by atoms with van der Waals surface area (Å²) in [6, 6.07) is 19.6. The zero-order valence-electron chi connectivity index (χ0n) is 16.7. The van der Waals surface area contributed by atoms with Crippen molar-refractivity contribution in [2.45, 2.75) is 23.7 Å². The number of carbonyl (C=O) groups is 1. The van der Waals surface area contributed by atoms with Crippen molar-refractivity contribution in [1.82, 2.24) is 15.3 Å². The van der Waals surface area contributed by atoms with Gasteiger partial charge in [-0.1, -0.05) is 48.2 Å². The van der Waals surface area contributed by atoms with Crippen LogP contribution in [0.15, 0.2) is 71.1 Å². The Hall–Kier alpha value is -2.90. The molecular weight excluding hydrogens is 414 g/mol. The minimum atomic E-state index is -0.294. The van der Waals surface area contributed by atoms with Crippen LogP contribution in [0.5, 0.6) is 5.75 Å². The molecule has 0 bridgehead atoms. The van der Waals surface area contributed by atoms with E-state index >= 15 is 0 Å². The number of hydrogen-bond acceptors (Lipinski definition) is 6. The Morgan fingerprint density at radius 2 is 1.90 bits per heavy atom. The average molecular weight is 436 g/mol. The Balaban J connectivity index is 1.50. The van der Waals surface area contributed by atoms with Crippen molar-refractivity contribution in [2.24, 2.45) is 0 Å². The fourth-order valence-electron chi connectivity index (χ4n) is 2.95. The number of nitrogens with one attached hydrogen (secondary N) is 1. The fraction of sp³-hybridized carbons (Fsp3) is 0.174. The largest absolute Gasteiger partial charge is 0.497 e. The van der Waals surface area contributed by atoms with Gasteiger partial charge in [-0.15, -0.1) is 11.3 Å². The molecule has 0 fully saturated rings. The van der Waals surface area contributed by atoms with Crippen molar-refractivity contribution in [2.75, 3.05) is 7.11 Å². The van der Waals surface area contributed by atoms with E-state index in [1.54, 1.807) is 18.4 Å². The van der Waals surface area contributed by atoms with Crippen LogP contribution in [-0.2, 0) is 11.3 Å². The molecule has 1 amide bonds. The van der Waals surface area contributed by atoms with Crippen molar-refractivity contribution in [1.29, 1.82) is 0 Å². The van der Waals surface area contributed by atoms with E-state index in [-0.39, 0.29) is 11.2 Å². The molecular formula is C23H21N3O2S2. The molecule has 1 unspecified atom stereocenters. The molecule has 0 saturated heterocycles. The van der Waals surface area contributed by atoms with Gasteiger partial charge >= 0.3 is 0 Å². The van der Waals surface area contributed by atoms with Gasteiger partial charge in [0.2, 0.25) is 5.91 Å². The maximum atomic E-state index is 12.7. The number of para-hydroxylation sites is 1. The fourth-order valence-corrected chi connectivity index (χ4v) is 4.57. The van der Waals surface area contributed by atoms with E-state index in [4.69, 9.17) is 14.7 Å². The molecule has 0 saturated carbocycles. The third kappa shape index (κ3) is 4.63. The van der Waals surface area contributed by atoms with Crippen LogP contribution in [0.4, 0.5) is 0 Å². The lowest BCUT2D eigenvalue weighted by Crippen LogP contribution is -2.30. The summed E-state index contributed by atoms with van der Waals surface area (Å²) in [7, 11) is 1.64. The van der Waals surface area contributed by atoms with Crippen molar-refractivity contribution in [3.05, 3.63) is 71.6 Å². The minimum absolute atomic E-state index is 0.0313. The highest BCUT2D eigenvalue weighted by Crippen LogP contribution is 2.32. The molecule has 2 heterocycles. The van der Waals surface area contributed by atoms with E-state index in [1.807, 2.05) is 73.0 Å². The van der Waals surface area contributed by atoms with Gasteiger partial charge in [-0.05, 0) is 42.1 Å². The van der Waals surface area contributed by atoms with Gasteiger partial charge in [-0.2, -0.15) is 0 Å². The van der Waals surface area contributed by atoms with E-state index in [2.05, 4.69) is 5.32 Å². The first-order chi connectivity index (χ1) is 14.6. The third-order valence-corrected chi connectivity index (χ3v) is 6.56. The Bertz CT molecular complexity index is 1150. The number of thiophene rings is 1. The van der Waals surface area contributed by atoms with Crippen molar-refractivity contribution < 1.29 is 9.53 Å². The molecule has 0 radical (unpaired) electrons. The Morgan fingerprint density at radius 1 is 1.10 bits per heavy atom. The molecule has 4 aromatic rings. The summed E-state index contributed by atoms with van der Waals surface area (Å²) in [4.78, 5) is 23.2. The molecule has 7 heteroatoms. The molecule has 152 valence electrons. The normalized spacial score (nSPS) is 11.9. The molecule has 30 heavy (non-hydrogen) atoms. The molecule has 1 N–H and O–H groups in total. The number of amides is 1. The lowest BCUT2D eigenvalue weighted by atomic mass is 10.2. The molecule has 0 aliphatic rings. The van der Waals surface area contributed by atoms with Crippen molar-refractivity contribution in [3.8, 4) is 16.5 Å². The number of rotatable bonds is 7. The number of aromatic nitrogens is 2. The summed E-state index contributed by atoms with van der Waals surface area (Å²) in [5.41, 5.74) is 1.90. The van der Waals surface area contributed by atoms with Crippen LogP contribution in [0.3, 0.4) is 0 Å². The number of methoxy groups -OCH3 is 1. The second-order valence-corrected chi connectivity index (χ2v) is 8.95. The molecule has 2 aromatic carbocycles. The number of fused-ring (bicyclic) bond motifs is 1. The Morgan fingerprint density at radius 3 is 2.63 bits per heavy atom. The molecule has 2 aromatic heterocycles. The minimum Gasteiger partial charge on any atom is -0.497 e. The van der Waals surface area contributed by atoms with Crippen LogP contribution < -0.4 is 10.1 Å². The molecule has 5 nitrogen and oxygen atoms in total. The van der Waals surface area contributed by atoms with Gasteiger partial charge in [0.05, 0.1) is 22.8 Å². The van der Waals surface area contributed by atoms with Gasteiger partial charge in [-0.3, -0.25) is 4.79 Å².